The highest BCUT2D eigenvalue weighted by Crippen LogP contribution is 2.36. The van der Waals surface area contributed by atoms with Crippen LogP contribution in [-0.4, -0.2) is 38.4 Å². The maximum absolute atomic E-state index is 13.4. The number of aromatic nitrogens is 2. The number of carbonyl (C=O) groups excluding carboxylic acids is 2. The highest BCUT2D eigenvalue weighted by atomic mass is 32.1. The second-order valence-electron chi connectivity index (χ2n) is 7.72. The number of carbonyl (C=O) groups is 2. The molecule has 6 nitrogen and oxygen atoms in total. The van der Waals surface area contributed by atoms with E-state index in [1.807, 2.05) is 24.3 Å². The molecule has 2 aliphatic rings. The normalized spacial score (nSPS) is 18.0. The first-order valence-electron chi connectivity index (χ1n) is 10.2. The van der Waals surface area contributed by atoms with Crippen molar-refractivity contribution in [3.63, 3.8) is 0 Å². The summed E-state index contributed by atoms with van der Waals surface area (Å²) >= 11 is 1.16. The molecule has 7 heteroatoms. The lowest BCUT2D eigenvalue weighted by Gasteiger charge is -2.32. The molecule has 1 N–H and O–H groups in total. The van der Waals surface area contributed by atoms with Crippen molar-refractivity contribution in [2.45, 2.75) is 70.0 Å². The van der Waals surface area contributed by atoms with Gasteiger partial charge in [-0.25, -0.2) is 0 Å². The zero-order valence-corrected chi connectivity index (χ0v) is 17.0. The lowest BCUT2D eigenvalue weighted by atomic mass is 10.0. The van der Waals surface area contributed by atoms with E-state index in [-0.39, 0.29) is 23.9 Å². The Hall–Kier alpha value is -2.28. The van der Waals surface area contributed by atoms with Crippen LogP contribution in [0.15, 0.2) is 29.6 Å². The van der Waals surface area contributed by atoms with E-state index in [1.54, 1.807) is 10.3 Å². The number of rotatable bonds is 7. The standard InChI is InChI=1S/C21H26N4O2S/c1-2-14-7-9-15(10-8-14)19(20(26)22-16-5-3-4-6-16)25(17-11-12-17)21(27)18-13-28-24-23-18/h7-10,13,16-17,19H,2-6,11-12H2,1H3,(H,22,26)/t19-/m1/s1. The molecule has 1 atom stereocenters. The number of hydrogen-bond acceptors (Lipinski definition) is 5. The van der Waals surface area contributed by atoms with Crippen LogP contribution in [0.2, 0.25) is 0 Å². The van der Waals surface area contributed by atoms with Gasteiger partial charge in [0.25, 0.3) is 5.91 Å². The van der Waals surface area contributed by atoms with Crippen LogP contribution in [-0.2, 0) is 11.2 Å². The quantitative estimate of drug-likeness (QED) is 0.774. The fraction of sp³-hybridized carbons (Fsp3) is 0.524. The molecule has 0 radical (unpaired) electrons. The van der Waals surface area contributed by atoms with Crippen LogP contribution in [0.5, 0.6) is 0 Å². The second-order valence-corrected chi connectivity index (χ2v) is 8.33. The molecule has 0 bridgehead atoms. The summed E-state index contributed by atoms with van der Waals surface area (Å²) < 4.78 is 3.83. The molecule has 0 saturated heterocycles. The van der Waals surface area contributed by atoms with Gasteiger partial charge in [-0.2, -0.15) is 0 Å². The van der Waals surface area contributed by atoms with Crippen LogP contribution in [0.4, 0.5) is 0 Å². The van der Waals surface area contributed by atoms with Gasteiger partial charge in [0.1, 0.15) is 6.04 Å². The van der Waals surface area contributed by atoms with Crippen LogP contribution in [0, 0.1) is 0 Å². The van der Waals surface area contributed by atoms with Gasteiger partial charge < -0.3 is 10.2 Å². The third-order valence-electron chi connectivity index (χ3n) is 5.69. The lowest BCUT2D eigenvalue weighted by Crippen LogP contribution is -2.47. The van der Waals surface area contributed by atoms with E-state index in [4.69, 9.17) is 0 Å². The lowest BCUT2D eigenvalue weighted by molar-refractivity contribution is -0.126. The predicted molar refractivity (Wildman–Crippen MR) is 108 cm³/mol. The van der Waals surface area contributed by atoms with Crippen molar-refractivity contribution in [2.75, 3.05) is 0 Å². The molecule has 0 unspecified atom stereocenters. The highest BCUT2D eigenvalue weighted by Gasteiger charge is 2.42. The third-order valence-corrected chi connectivity index (χ3v) is 6.19. The second kappa shape index (κ2) is 8.39. The molecule has 1 aromatic heterocycles. The summed E-state index contributed by atoms with van der Waals surface area (Å²) in [7, 11) is 0. The molecule has 2 aromatic rings. The molecule has 1 aromatic carbocycles. The summed E-state index contributed by atoms with van der Waals surface area (Å²) in [5.74, 6) is -0.290. The molecule has 0 spiro atoms. The topological polar surface area (TPSA) is 75.2 Å². The van der Waals surface area contributed by atoms with Gasteiger partial charge in [-0.1, -0.05) is 48.5 Å². The average molecular weight is 399 g/mol. The van der Waals surface area contributed by atoms with E-state index in [9.17, 15) is 9.59 Å². The molecule has 1 heterocycles. The van der Waals surface area contributed by atoms with Crippen molar-refractivity contribution in [3.8, 4) is 0 Å². The Kier molecular flexibility index (Phi) is 5.71. The van der Waals surface area contributed by atoms with E-state index >= 15 is 0 Å². The minimum atomic E-state index is -0.631. The molecule has 2 aliphatic carbocycles. The predicted octanol–water partition coefficient (Wildman–Crippen LogP) is 3.51. The minimum Gasteiger partial charge on any atom is -0.351 e. The van der Waals surface area contributed by atoms with E-state index in [0.717, 1.165) is 62.0 Å². The van der Waals surface area contributed by atoms with Crippen molar-refractivity contribution >= 4 is 23.3 Å². The van der Waals surface area contributed by atoms with E-state index in [1.165, 1.54) is 5.56 Å². The summed E-state index contributed by atoms with van der Waals surface area (Å²) in [6.07, 6.45) is 7.11. The Bertz CT molecular complexity index is 811. The number of aryl methyl sites for hydroxylation is 1. The molecular formula is C21H26N4O2S. The number of nitrogens with zero attached hydrogens (tertiary/aromatic N) is 3. The molecule has 4 rings (SSSR count). The fourth-order valence-electron chi connectivity index (χ4n) is 3.96. The van der Waals surface area contributed by atoms with Crippen LogP contribution >= 0.6 is 11.5 Å². The number of benzene rings is 1. The molecule has 148 valence electrons. The SMILES string of the molecule is CCc1ccc([C@H](C(=O)NC2CCCC2)N(C(=O)c2csnn2)C2CC2)cc1. The first-order valence-corrected chi connectivity index (χ1v) is 11.0. The van der Waals surface area contributed by atoms with Crippen LogP contribution < -0.4 is 5.32 Å². The molecule has 0 aliphatic heterocycles. The molecule has 2 saturated carbocycles. The number of amides is 2. The number of hydrogen-bond donors (Lipinski definition) is 1. The summed E-state index contributed by atoms with van der Waals surface area (Å²) in [5, 5.41) is 8.82. The highest BCUT2D eigenvalue weighted by molar-refractivity contribution is 7.03. The van der Waals surface area contributed by atoms with Crippen LogP contribution in [0.25, 0.3) is 0 Å². The molecule has 2 amide bonds. The van der Waals surface area contributed by atoms with Gasteiger partial charge >= 0.3 is 0 Å². The van der Waals surface area contributed by atoms with Crippen LogP contribution in [0.3, 0.4) is 0 Å². The minimum absolute atomic E-state index is 0.0828. The molecule has 2 fully saturated rings. The van der Waals surface area contributed by atoms with Crippen molar-refractivity contribution in [2.24, 2.45) is 0 Å². The first kappa shape index (κ1) is 19.1. The van der Waals surface area contributed by atoms with Gasteiger partial charge in [0.15, 0.2) is 5.69 Å². The van der Waals surface area contributed by atoms with Gasteiger partial charge in [-0.05, 0) is 54.8 Å². The third kappa shape index (κ3) is 4.09. The largest absolute Gasteiger partial charge is 0.351 e. The van der Waals surface area contributed by atoms with E-state index in [2.05, 4.69) is 21.8 Å². The van der Waals surface area contributed by atoms with Gasteiger partial charge in [0.05, 0.1) is 0 Å². The Balaban J connectivity index is 1.67. The summed E-state index contributed by atoms with van der Waals surface area (Å²) in [6.45, 7) is 2.11. The van der Waals surface area contributed by atoms with Crippen molar-refractivity contribution < 1.29 is 9.59 Å². The first-order chi connectivity index (χ1) is 13.7. The van der Waals surface area contributed by atoms with Crippen LogP contribution in [0.1, 0.15) is 73.1 Å². The smallest absolute Gasteiger partial charge is 0.276 e. The summed E-state index contributed by atoms with van der Waals surface area (Å²) in [4.78, 5) is 28.3. The van der Waals surface area contributed by atoms with Gasteiger partial charge in [0, 0.05) is 17.5 Å². The van der Waals surface area contributed by atoms with Gasteiger partial charge in [-0.15, -0.1) is 5.10 Å². The Morgan fingerprint density at radius 3 is 2.46 bits per heavy atom. The fourth-order valence-corrected chi connectivity index (χ4v) is 4.39. The Morgan fingerprint density at radius 1 is 1.18 bits per heavy atom. The Morgan fingerprint density at radius 2 is 1.89 bits per heavy atom. The van der Waals surface area contributed by atoms with Gasteiger partial charge in [-0.3, -0.25) is 9.59 Å². The summed E-state index contributed by atoms with van der Waals surface area (Å²) in [6, 6.07) is 7.73. The molecular weight excluding hydrogens is 372 g/mol. The van der Waals surface area contributed by atoms with Crippen molar-refractivity contribution in [1.29, 1.82) is 0 Å². The Labute approximate surface area is 169 Å². The van der Waals surface area contributed by atoms with Crippen molar-refractivity contribution in [3.05, 3.63) is 46.5 Å². The maximum Gasteiger partial charge on any atom is 0.276 e. The maximum atomic E-state index is 13.4. The molecule has 28 heavy (non-hydrogen) atoms. The zero-order chi connectivity index (χ0) is 19.5. The van der Waals surface area contributed by atoms with Gasteiger partial charge in [0.2, 0.25) is 5.91 Å². The van der Waals surface area contributed by atoms with E-state index < -0.39 is 6.04 Å². The average Bonchev–Trinajstić information content (AvgIpc) is 3.17. The number of nitrogens with one attached hydrogen (secondary N) is 1. The monoisotopic (exact) mass is 398 g/mol. The summed E-state index contributed by atoms with van der Waals surface area (Å²) in [5.41, 5.74) is 2.39. The zero-order valence-electron chi connectivity index (χ0n) is 16.1. The van der Waals surface area contributed by atoms with Crippen molar-refractivity contribution in [1.82, 2.24) is 19.8 Å². The van der Waals surface area contributed by atoms with E-state index in [0.29, 0.717) is 5.69 Å².